The lowest BCUT2D eigenvalue weighted by Crippen LogP contribution is -1.78. The second-order valence-electron chi connectivity index (χ2n) is 3.43. The minimum atomic E-state index is 1.28. The SMILES string of the molecule is CC.CC.Cc1ccc(-c2ccn(C)c2)cc1. The van der Waals surface area contributed by atoms with Gasteiger partial charge in [0.15, 0.2) is 0 Å². The van der Waals surface area contributed by atoms with E-state index in [9.17, 15) is 0 Å². The zero-order chi connectivity index (χ0) is 13.3. The third-order valence-electron chi connectivity index (χ3n) is 2.22. The Kier molecular flexibility index (Phi) is 7.87. The predicted molar refractivity (Wildman–Crippen MR) is 78.3 cm³/mol. The molecular weight excluding hydrogens is 206 g/mol. The summed E-state index contributed by atoms with van der Waals surface area (Å²) in [4.78, 5) is 0. The molecule has 0 aliphatic carbocycles. The molecule has 1 nitrogen and oxygen atoms in total. The van der Waals surface area contributed by atoms with Gasteiger partial charge in [-0.2, -0.15) is 0 Å². The molecule has 1 aromatic carbocycles. The van der Waals surface area contributed by atoms with Crippen LogP contribution in [0.2, 0.25) is 0 Å². The molecule has 0 aliphatic rings. The van der Waals surface area contributed by atoms with E-state index in [1.807, 2.05) is 34.7 Å². The summed E-state index contributed by atoms with van der Waals surface area (Å²) in [5, 5.41) is 0. The number of rotatable bonds is 1. The lowest BCUT2D eigenvalue weighted by Gasteiger charge is -1.97. The van der Waals surface area contributed by atoms with Gasteiger partial charge in [-0.05, 0) is 24.1 Å². The minimum absolute atomic E-state index is 1.28. The van der Waals surface area contributed by atoms with Gasteiger partial charge in [-0.15, -0.1) is 0 Å². The van der Waals surface area contributed by atoms with Crippen molar-refractivity contribution in [3.8, 4) is 11.1 Å². The number of benzene rings is 1. The van der Waals surface area contributed by atoms with Crippen LogP contribution in [0.3, 0.4) is 0 Å². The van der Waals surface area contributed by atoms with Crippen molar-refractivity contribution in [2.24, 2.45) is 7.05 Å². The summed E-state index contributed by atoms with van der Waals surface area (Å²) in [5.74, 6) is 0. The van der Waals surface area contributed by atoms with E-state index in [4.69, 9.17) is 0 Å². The van der Waals surface area contributed by atoms with E-state index in [0.717, 1.165) is 0 Å². The number of aryl methyl sites for hydroxylation is 2. The van der Waals surface area contributed by atoms with Crippen molar-refractivity contribution in [2.75, 3.05) is 0 Å². The van der Waals surface area contributed by atoms with Gasteiger partial charge in [0, 0.05) is 19.4 Å². The Morgan fingerprint density at radius 3 is 1.71 bits per heavy atom. The molecule has 0 atom stereocenters. The van der Waals surface area contributed by atoms with Crippen LogP contribution in [0.4, 0.5) is 0 Å². The number of hydrogen-bond donors (Lipinski definition) is 0. The van der Waals surface area contributed by atoms with Crippen LogP contribution >= 0.6 is 0 Å². The summed E-state index contributed by atoms with van der Waals surface area (Å²) in [7, 11) is 2.04. The Hall–Kier alpha value is -1.50. The van der Waals surface area contributed by atoms with E-state index in [1.165, 1.54) is 16.7 Å². The Balaban J connectivity index is 0.000000581. The highest BCUT2D eigenvalue weighted by atomic mass is 14.9. The molecule has 2 rings (SSSR count). The number of hydrogen-bond acceptors (Lipinski definition) is 0. The highest BCUT2D eigenvalue weighted by molar-refractivity contribution is 5.62. The Morgan fingerprint density at radius 1 is 0.765 bits per heavy atom. The zero-order valence-corrected chi connectivity index (χ0v) is 12.0. The van der Waals surface area contributed by atoms with Gasteiger partial charge in [0.1, 0.15) is 0 Å². The quantitative estimate of drug-likeness (QED) is 0.647. The monoisotopic (exact) mass is 231 g/mol. The van der Waals surface area contributed by atoms with Crippen molar-refractivity contribution in [1.82, 2.24) is 4.57 Å². The average Bonchev–Trinajstić information content (AvgIpc) is 2.82. The van der Waals surface area contributed by atoms with Crippen molar-refractivity contribution in [3.05, 3.63) is 48.3 Å². The summed E-state index contributed by atoms with van der Waals surface area (Å²) in [6, 6.07) is 10.7. The van der Waals surface area contributed by atoms with E-state index in [1.54, 1.807) is 0 Å². The van der Waals surface area contributed by atoms with E-state index >= 15 is 0 Å². The van der Waals surface area contributed by atoms with Crippen LogP contribution < -0.4 is 0 Å². The van der Waals surface area contributed by atoms with Gasteiger partial charge >= 0.3 is 0 Å². The summed E-state index contributed by atoms with van der Waals surface area (Å²) in [5.41, 5.74) is 3.87. The molecule has 1 aromatic heterocycles. The van der Waals surface area contributed by atoms with Crippen molar-refractivity contribution in [2.45, 2.75) is 34.6 Å². The Bertz CT molecular complexity index is 396. The third-order valence-corrected chi connectivity index (χ3v) is 2.22. The number of aromatic nitrogens is 1. The molecule has 0 saturated heterocycles. The van der Waals surface area contributed by atoms with Crippen LogP contribution in [-0.4, -0.2) is 4.57 Å². The minimum Gasteiger partial charge on any atom is -0.357 e. The first kappa shape index (κ1) is 15.5. The predicted octanol–water partition coefficient (Wildman–Crippen LogP) is 5.05. The van der Waals surface area contributed by atoms with Crippen molar-refractivity contribution >= 4 is 0 Å². The van der Waals surface area contributed by atoms with Crippen molar-refractivity contribution in [1.29, 1.82) is 0 Å². The molecule has 0 amide bonds. The van der Waals surface area contributed by atoms with E-state index in [2.05, 4.69) is 54.2 Å². The molecule has 1 heteroatoms. The molecule has 0 fully saturated rings. The molecule has 0 aliphatic heterocycles. The highest BCUT2D eigenvalue weighted by Gasteiger charge is 1.97. The highest BCUT2D eigenvalue weighted by Crippen LogP contribution is 2.19. The average molecular weight is 231 g/mol. The molecule has 0 unspecified atom stereocenters. The zero-order valence-electron chi connectivity index (χ0n) is 12.0. The molecule has 17 heavy (non-hydrogen) atoms. The summed E-state index contributed by atoms with van der Waals surface area (Å²) in [6.45, 7) is 10.1. The fraction of sp³-hybridized carbons (Fsp3) is 0.375. The van der Waals surface area contributed by atoms with Gasteiger partial charge in [-0.3, -0.25) is 0 Å². The number of nitrogens with zero attached hydrogens (tertiary/aromatic N) is 1. The van der Waals surface area contributed by atoms with Gasteiger partial charge in [-0.1, -0.05) is 57.5 Å². The molecule has 0 spiro atoms. The molecule has 0 bridgehead atoms. The molecule has 0 saturated carbocycles. The van der Waals surface area contributed by atoms with Crippen LogP contribution in [0.15, 0.2) is 42.7 Å². The van der Waals surface area contributed by atoms with Gasteiger partial charge in [0.25, 0.3) is 0 Å². The lowest BCUT2D eigenvalue weighted by atomic mass is 10.1. The fourth-order valence-electron chi connectivity index (χ4n) is 1.42. The van der Waals surface area contributed by atoms with Crippen LogP contribution in [0.25, 0.3) is 11.1 Å². The standard InChI is InChI=1S/C12H13N.2C2H6/c1-10-3-5-11(6-4-10)12-7-8-13(2)9-12;2*1-2/h3-9H,1-2H3;2*1-2H3. The van der Waals surface area contributed by atoms with Gasteiger partial charge in [0.2, 0.25) is 0 Å². The van der Waals surface area contributed by atoms with Crippen LogP contribution in [0.5, 0.6) is 0 Å². The van der Waals surface area contributed by atoms with E-state index in [-0.39, 0.29) is 0 Å². The first-order valence-electron chi connectivity index (χ1n) is 6.45. The maximum Gasteiger partial charge on any atom is 0.0110 e. The maximum absolute atomic E-state index is 2.16. The molecule has 2 aromatic rings. The lowest BCUT2D eigenvalue weighted by molar-refractivity contribution is 0.928. The van der Waals surface area contributed by atoms with Gasteiger partial charge in [0.05, 0.1) is 0 Å². The van der Waals surface area contributed by atoms with Gasteiger partial charge in [-0.25, -0.2) is 0 Å². The van der Waals surface area contributed by atoms with Crippen LogP contribution in [0, 0.1) is 6.92 Å². The van der Waals surface area contributed by atoms with Crippen LogP contribution in [-0.2, 0) is 7.05 Å². The molecule has 94 valence electrons. The topological polar surface area (TPSA) is 4.93 Å². The molecular formula is C16H25N. The molecule has 1 heterocycles. The van der Waals surface area contributed by atoms with E-state index < -0.39 is 0 Å². The molecule has 0 N–H and O–H groups in total. The van der Waals surface area contributed by atoms with E-state index in [0.29, 0.717) is 0 Å². The largest absolute Gasteiger partial charge is 0.357 e. The first-order valence-corrected chi connectivity index (χ1v) is 6.45. The Labute approximate surface area is 106 Å². The summed E-state index contributed by atoms with van der Waals surface area (Å²) >= 11 is 0. The maximum atomic E-state index is 2.16. The summed E-state index contributed by atoms with van der Waals surface area (Å²) < 4.78 is 2.06. The second-order valence-corrected chi connectivity index (χ2v) is 3.43. The fourth-order valence-corrected chi connectivity index (χ4v) is 1.42. The normalized spacial score (nSPS) is 8.59. The van der Waals surface area contributed by atoms with Crippen molar-refractivity contribution < 1.29 is 0 Å². The van der Waals surface area contributed by atoms with Crippen LogP contribution in [0.1, 0.15) is 33.3 Å². The second kappa shape index (κ2) is 8.63. The first-order chi connectivity index (χ1) is 8.25. The Morgan fingerprint density at radius 2 is 1.29 bits per heavy atom. The van der Waals surface area contributed by atoms with Crippen molar-refractivity contribution in [3.63, 3.8) is 0 Å². The molecule has 0 radical (unpaired) electrons. The summed E-state index contributed by atoms with van der Waals surface area (Å²) in [6.07, 6.45) is 4.19. The van der Waals surface area contributed by atoms with Gasteiger partial charge < -0.3 is 4.57 Å². The smallest absolute Gasteiger partial charge is 0.0110 e. The third kappa shape index (κ3) is 4.90.